The molecule has 0 aliphatic heterocycles. The highest BCUT2D eigenvalue weighted by Crippen LogP contribution is 2.19. The quantitative estimate of drug-likeness (QED) is 0.584. The third-order valence-corrected chi connectivity index (χ3v) is 3.63. The topological polar surface area (TPSA) is 50.2 Å². The van der Waals surface area contributed by atoms with Crippen LogP contribution in [-0.4, -0.2) is 16.4 Å². The summed E-state index contributed by atoms with van der Waals surface area (Å²) >= 11 is 1.70. The summed E-state index contributed by atoms with van der Waals surface area (Å²) in [6, 6.07) is 12.1. The molecule has 4 nitrogen and oxygen atoms in total. The lowest BCUT2D eigenvalue weighted by molar-refractivity contribution is 1.04. The van der Waals surface area contributed by atoms with E-state index in [1.807, 2.05) is 30.3 Å². The van der Waals surface area contributed by atoms with E-state index in [2.05, 4.69) is 33.7 Å². The summed E-state index contributed by atoms with van der Waals surface area (Å²) in [6.07, 6.45) is 3.54. The molecule has 0 saturated heterocycles. The van der Waals surface area contributed by atoms with Gasteiger partial charge in [-0.1, -0.05) is 24.3 Å². The Labute approximate surface area is 114 Å². The molecule has 0 aliphatic carbocycles. The number of nitrogens with zero attached hydrogens (tertiary/aromatic N) is 3. The van der Waals surface area contributed by atoms with Crippen LogP contribution in [0.15, 0.2) is 47.7 Å². The van der Waals surface area contributed by atoms with Gasteiger partial charge in [0.25, 0.3) is 0 Å². The number of hydrazone groups is 1. The second kappa shape index (κ2) is 5.16. The van der Waals surface area contributed by atoms with Crippen LogP contribution < -0.4 is 5.43 Å². The SMILES string of the molecule is Cc1ccc(/C=N\Nc2nncc3ccccc23)s1. The number of aryl methyl sites for hydroxylation is 1. The number of anilines is 1. The molecule has 1 aromatic carbocycles. The number of fused-ring (bicyclic) bond motifs is 1. The molecule has 2 aromatic heterocycles. The molecular weight excluding hydrogens is 256 g/mol. The van der Waals surface area contributed by atoms with E-state index < -0.39 is 0 Å². The van der Waals surface area contributed by atoms with Crippen molar-refractivity contribution in [3.8, 4) is 0 Å². The fraction of sp³-hybridized carbons (Fsp3) is 0.0714. The Morgan fingerprint density at radius 1 is 1.21 bits per heavy atom. The molecule has 0 spiro atoms. The molecule has 0 fully saturated rings. The van der Waals surface area contributed by atoms with Crippen molar-refractivity contribution < 1.29 is 0 Å². The minimum atomic E-state index is 0.669. The van der Waals surface area contributed by atoms with Crippen molar-refractivity contribution in [1.29, 1.82) is 0 Å². The second-order valence-electron chi connectivity index (χ2n) is 4.10. The lowest BCUT2D eigenvalue weighted by atomic mass is 10.2. The van der Waals surface area contributed by atoms with E-state index in [-0.39, 0.29) is 0 Å². The van der Waals surface area contributed by atoms with Crippen LogP contribution in [0.2, 0.25) is 0 Å². The van der Waals surface area contributed by atoms with Gasteiger partial charge < -0.3 is 0 Å². The Morgan fingerprint density at radius 2 is 2.11 bits per heavy atom. The largest absolute Gasteiger partial charge is 0.259 e. The minimum absolute atomic E-state index is 0.669. The van der Waals surface area contributed by atoms with Crippen molar-refractivity contribution in [3.63, 3.8) is 0 Å². The first-order valence-corrected chi connectivity index (χ1v) is 6.70. The molecule has 0 aliphatic rings. The van der Waals surface area contributed by atoms with Gasteiger partial charge in [0.2, 0.25) is 0 Å². The van der Waals surface area contributed by atoms with Crippen LogP contribution in [0.3, 0.4) is 0 Å². The van der Waals surface area contributed by atoms with Crippen LogP contribution in [0, 0.1) is 6.92 Å². The number of nitrogens with one attached hydrogen (secondary N) is 1. The maximum Gasteiger partial charge on any atom is 0.176 e. The van der Waals surface area contributed by atoms with E-state index in [4.69, 9.17) is 0 Å². The van der Waals surface area contributed by atoms with E-state index in [0.29, 0.717) is 5.82 Å². The summed E-state index contributed by atoms with van der Waals surface area (Å²) in [5, 5.41) is 14.3. The summed E-state index contributed by atoms with van der Waals surface area (Å²) in [5.74, 6) is 0.669. The summed E-state index contributed by atoms with van der Waals surface area (Å²) < 4.78 is 0. The average molecular weight is 268 g/mol. The Bertz CT molecular complexity index is 728. The molecule has 3 rings (SSSR count). The van der Waals surface area contributed by atoms with Crippen molar-refractivity contribution >= 4 is 34.1 Å². The first kappa shape index (κ1) is 11.8. The molecule has 3 aromatic rings. The van der Waals surface area contributed by atoms with Crippen LogP contribution in [0.5, 0.6) is 0 Å². The van der Waals surface area contributed by atoms with Crippen molar-refractivity contribution in [1.82, 2.24) is 10.2 Å². The molecule has 5 heteroatoms. The minimum Gasteiger partial charge on any atom is -0.259 e. The molecule has 0 amide bonds. The van der Waals surface area contributed by atoms with E-state index >= 15 is 0 Å². The summed E-state index contributed by atoms with van der Waals surface area (Å²) in [5.41, 5.74) is 2.95. The van der Waals surface area contributed by atoms with Crippen LogP contribution in [0.4, 0.5) is 5.82 Å². The van der Waals surface area contributed by atoms with Crippen LogP contribution in [0.25, 0.3) is 10.8 Å². The lowest BCUT2D eigenvalue weighted by Crippen LogP contribution is -1.95. The fourth-order valence-corrected chi connectivity index (χ4v) is 2.54. The number of benzene rings is 1. The Morgan fingerprint density at radius 3 is 2.95 bits per heavy atom. The molecule has 0 saturated carbocycles. The number of thiophene rings is 1. The van der Waals surface area contributed by atoms with E-state index in [9.17, 15) is 0 Å². The van der Waals surface area contributed by atoms with Crippen molar-refractivity contribution in [2.75, 3.05) is 5.43 Å². The van der Waals surface area contributed by atoms with Gasteiger partial charge >= 0.3 is 0 Å². The molecule has 2 heterocycles. The molecule has 94 valence electrons. The highest BCUT2D eigenvalue weighted by Gasteiger charge is 2.00. The van der Waals surface area contributed by atoms with Gasteiger partial charge in [-0.25, -0.2) is 0 Å². The van der Waals surface area contributed by atoms with E-state index in [1.54, 1.807) is 23.7 Å². The van der Waals surface area contributed by atoms with Gasteiger partial charge in [0.1, 0.15) is 0 Å². The normalized spacial score (nSPS) is 11.2. The number of hydrogen-bond acceptors (Lipinski definition) is 5. The predicted octanol–water partition coefficient (Wildman–Crippen LogP) is 3.45. The molecular formula is C14H12N4S. The standard InChI is InChI=1S/C14H12N4S/c1-10-6-7-12(19-10)9-16-18-14-13-5-3-2-4-11(13)8-15-17-14/h2-9H,1H3,(H,17,18)/b16-9-. The van der Waals surface area contributed by atoms with Gasteiger partial charge in [0.15, 0.2) is 5.82 Å². The van der Waals surface area contributed by atoms with Crippen LogP contribution in [-0.2, 0) is 0 Å². The Kier molecular flexibility index (Phi) is 3.20. The van der Waals surface area contributed by atoms with Crippen molar-refractivity contribution in [2.45, 2.75) is 6.92 Å². The first-order chi connectivity index (χ1) is 9.33. The molecule has 0 bridgehead atoms. The molecule has 0 atom stereocenters. The average Bonchev–Trinajstić information content (AvgIpc) is 2.85. The van der Waals surface area contributed by atoms with Gasteiger partial charge in [-0.15, -0.1) is 16.4 Å². The van der Waals surface area contributed by atoms with Crippen molar-refractivity contribution in [3.05, 3.63) is 52.3 Å². The van der Waals surface area contributed by atoms with Gasteiger partial charge in [0, 0.05) is 20.5 Å². The highest BCUT2D eigenvalue weighted by molar-refractivity contribution is 7.13. The molecule has 0 radical (unpaired) electrons. The fourth-order valence-electron chi connectivity index (χ4n) is 1.79. The zero-order chi connectivity index (χ0) is 13.1. The van der Waals surface area contributed by atoms with E-state index in [1.165, 1.54) is 4.88 Å². The van der Waals surface area contributed by atoms with Gasteiger partial charge in [-0.3, -0.25) is 5.43 Å². The monoisotopic (exact) mass is 268 g/mol. The van der Waals surface area contributed by atoms with E-state index in [0.717, 1.165) is 15.6 Å². The second-order valence-corrected chi connectivity index (χ2v) is 5.42. The lowest BCUT2D eigenvalue weighted by Gasteiger charge is -2.02. The summed E-state index contributed by atoms with van der Waals surface area (Å²) in [6.45, 7) is 2.08. The maximum absolute atomic E-state index is 4.21. The predicted molar refractivity (Wildman–Crippen MR) is 79.8 cm³/mol. The summed E-state index contributed by atoms with van der Waals surface area (Å²) in [4.78, 5) is 2.38. The van der Waals surface area contributed by atoms with Gasteiger partial charge in [-0.2, -0.15) is 10.2 Å². The molecule has 0 unspecified atom stereocenters. The zero-order valence-corrected chi connectivity index (χ0v) is 11.2. The molecule has 19 heavy (non-hydrogen) atoms. The highest BCUT2D eigenvalue weighted by atomic mass is 32.1. The van der Waals surface area contributed by atoms with Crippen LogP contribution in [0.1, 0.15) is 9.75 Å². The third-order valence-electron chi connectivity index (χ3n) is 2.69. The smallest absolute Gasteiger partial charge is 0.176 e. The van der Waals surface area contributed by atoms with Gasteiger partial charge in [-0.05, 0) is 19.1 Å². The van der Waals surface area contributed by atoms with Crippen LogP contribution >= 0.6 is 11.3 Å². The third kappa shape index (κ3) is 2.61. The zero-order valence-electron chi connectivity index (χ0n) is 10.4. The maximum atomic E-state index is 4.21. The first-order valence-electron chi connectivity index (χ1n) is 5.89. The Hall–Kier alpha value is -2.27. The van der Waals surface area contributed by atoms with Gasteiger partial charge in [0.05, 0.1) is 12.4 Å². The number of aromatic nitrogens is 2. The number of rotatable bonds is 3. The number of hydrogen-bond donors (Lipinski definition) is 1. The summed E-state index contributed by atoms with van der Waals surface area (Å²) in [7, 11) is 0. The Balaban J connectivity index is 1.84. The van der Waals surface area contributed by atoms with Crippen molar-refractivity contribution in [2.24, 2.45) is 5.10 Å². The molecule has 1 N–H and O–H groups in total.